The van der Waals surface area contributed by atoms with Crippen LogP contribution in [-0.2, 0) is 0 Å². The maximum Gasteiger partial charge on any atom is 0.277 e. The first kappa shape index (κ1) is 10.5. The van der Waals surface area contributed by atoms with Crippen molar-refractivity contribution in [3.8, 4) is 0 Å². The Morgan fingerprint density at radius 3 is 3.06 bits per heavy atom. The van der Waals surface area contributed by atoms with Gasteiger partial charge in [-0.3, -0.25) is 14.9 Å². The van der Waals surface area contributed by atoms with E-state index >= 15 is 0 Å². The van der Waals surface area contributed by atoms with Gasteiger partial charge in [0.1, 0.15) is 12.0 Å². The Morgan fingerprint density at radius 2 is 2.33 bits per heavy atom. The molecule has 90 valence electrons. The third-order valence-electron chi connectivity index (χ3n) is 2.02. The Bertz CT molecular complexity index is 724. The van der Waals surface area contributed by atoms with E-state index in [-0.39, 0.29) is 11.3 Å². The molecule has 3 aromatic rings. The molecule has 0 unspecified atom stereocenters. The van der Waals surface area contributed by atoms with Crippen molar-refractivity contribution in [2.45, 2.75) is 0 Å². The zero-order chi connectivity index (χ0) is 12.5. The Kier molecular flexibility index (Phi) is 2.34. The number of carbonyl (C=O) groups excluding carboxylic acids is 1. The van der Waals surface area contributed by atoms with Crippen LogP contribution in [0.15, 0.2) is 23.3 Å². The summed E-state index contributed by atoms with van der Waals surface area (Å²) in [4.78, 5) is 23.1. The average Bonchev–Trinajstić information content (AvgIpc) is 2.90. The van der Waals surface area contributed by atoms with Crippen LogP contribution in [-0.4, -0.2) is 35.9 Å². The van der Waals surface area contributed by atoms with Gasteiger partial charge < -0.3 is 0 Å². The number of rotatable bonds is 2. The summed E-state index contributed by atoms with van der Waals surface area (Å²) in [6, 6.07) is 2.55. The molecule has 0 bridgehead atoms. The fourth-order valence-electron chi connectivity index (χ4n) is 1.24. The molecule has 9 nitrogen and oxygen atoms in total. The van der Waals surface area contributed by atoms with Crippen LogP contribution in [0.2, 0.25) is 0 Å². The fourth-order valence-corrected chi connectivity index (χ4v) is 1.96. The molecular weight excluding hydrogens is 258 g/mol. The Hall–Kier alpha value is -2.62. The van der Waals surface area contributed by atoms with Crippen molar-refractivity contribution < 1.29 is 4.79 Å². The summed E-state index contributed by atoms with van der Waals surface area (Å²) >= 11 is 1.18. The standard InChI is InChI=1S/C8H5N7O2S/c16-5-2-1-4(11-12-5)6(17)10-7-14-15-3-9-13-8(15)18-7/h1-3H,(H,12,16)(H,10,14,17). The van der Waals surface area contributed by atoms with E-state index in [4.69, 9.17) is 0 Å². The zero-order valence-corrected chi connectivity index (χ0v) is 9.51. The van der Waals surface area contributed by atoms with E-state index in [0.717, 1.165) is 0 Å². The third-order valence-corrected chi connectivity index (χ3v) is 2.85. The molecule has 3 aromatic heterocycles. The molecule has 0 spiro atoms. The smallest absolute Gasteiger partial charge is 0.277 e. The Labute approximate surface area is 102 Å². The lowest BCUT2D eigenvalue weighted by Gasteiger charge is -1.98. The minimum Gasteiger partial charge on any atom is -0.295 e. The Morgan fingerprint density at radius 1 is 1.44 bits per heavy atom. The highest BCUT2D eigenvalue weighted by Gasteiger charge is 2.11. The van der Waals surface area contributed by atoms with Crippen LogP contribution in [0.1, 0.15) is 10.5 Å². The quantitative estimate of drug-likeness (QED) is 0.644. The number of amides is 1. The van der Waals surface area contributed by atoms with E-state index in [9.17, 15) is 9.59 Å². The van der Waals surface area contributed by atoms with E-state index < -0.39 is 5.91 Å². The van der Waals surface area contributed by atoms with Gasteiger partial charge in [-0.05, 0) is 6.07 Å². The molecule has 18 heavy (non-hydrogen) atoms. The van der Waals surface area contributed by atoms with E-state index in [1.165, 1.54) is 34.3 Å². The largest absolute Gasteiger partial charge is 0.295 e. The molecule has 0 saturated carbocycles. The first-order chi connectivity index (χ1) is 8.72. The summed E-state index contributed by atoms with van der Waals surface area (Å²) in [5.74, 6) is -0.462. The molecule has 0 aliphatic heterocycles. The second-order valence-corrected chi connectivity index (χ2v) is 4.18. The second kappa shape index (κ2) is 4.00. The molecule has 0 saturated heterocycles. The number of H-pyrrole nitrogens is 1. The van der Waals surface area contributed by atoms with Gasteiger partial charge in [0.05, 0.1) is 0 Å². The topological polar surface area (TPSA) is 118 Å². The van der Waals surface area contributed by atoms with Gasteiger partial charge in [0.25, 0.3) is 11.5 Å². The molecule has 0 aliphatic carbocycles. The van der Waals surface area contributed by atoms with Crippen LogP contribution in [0.3, 0.4) is 0 Å². The van der Waals surface area contributed by atoms with Crippen molar-refractivity contribution >= 4 is 27.3 Å². The minimum atomic E-state index is -0.462. The average molecular weight is 263 g/mol. The molecule has 0 aliphatic rings. The summed E-state index contributed by atoms with van der Waals surface area (Å²) in [6.45, 7) is 0. The summed E-state index contributed by atoms with van der Waals surface area (Å²) in [7, 11) is 0. The number of nitrogens with zero attached hydrogens (tertiary/aromatic N) is 5. The second-order valence-electron chi connectivity index (χ2n) is 3.23. The maximum atomic E-state index is 11.7. The first-order valence-electron chi connectivity index (χ1n) is 4.76. The van der Waals surface area contributed by atoms with Gasteiger partial charge in [-0.2, -0.15) is 9.61 Å². The van der Waals surface area contributed by atoms with Gasteiger partial charge in [0.2, 0.25) is 10.1 Å². The van der Waals surface area contributed by atoms with Gasteiger partial charge in [-0.25, -0.2) is 5.10 Å². The molecule has 1 amide bonds. The zero-order valence-electron chi connectivity index (χ0n) is 8.69. The van der Waals surface area contributed by atoms with Crippen molar-refractivity contribution in [1.29, 1.82) is 0 Å². The van der Waals surface area contributed by atoms with Crippen LogP contribution < -0.4 is 10.9 Å². The predicted molar refractivity (Wildman–Crippen MR) is 61.5 cm³/mol. The van der Waals surface area contributed by atoms with Gasteiger partial charge in [0.15, 0.2) is 0 Å². The molecule has 3 heterocycles. The van der Waals surface area contributed by atoms with Crippen LogP contribution in [0.5, 0.6) is 0 Å². The number of anilines is 1. The number of aromatic amines is 1. The van der Waals surface area contributed by atoms with Gasteiger partial charge in [-0.15, -0.1) is 15.3 Å². The Balaban J connectivity index is 1.84. The van der Waals surface area contributed by atoms with Crippen LogP contribution in [0, 0.1) is 0 Å². The fraction of sp³-hybridized carbons (Fsp3) is 0. The van der Waals surface area contributed by atoms with Gasteiger partial charge >= 0.3 is 0 Å². The monoisotopic (exact) mass is 263 g/mol. The van der Waals surface area contributed by atoms with Crippen LogP contribution in [0.25, 0.3) is 4.96 Å². The summed E-state index contributed by atoms with van der Waals surface area (Å²) in [5.41, 5.74) is -0.272. The molecule has 2 N–H and O–H groups in total. The lowest BCUT2D eigenvalue weighted by Crippen LogP contribution is -2.17. The van der Waals surface area contributed by atoms with Gasteiger partial charge in [-0.1, -0.05) is 11.3 Å². The van der Waals surface area contributed by atoms with Gasteiger partial charge in [0, 0.05) is 6.07 Å². The highest BCUT2D eigenvalue weighted by Crippen LogP contribution is 2.16. The molecule has 0 aromatic carbocycles. The number of fused-ring (bicyclic) bond motifs is 1. The van der Waals surface area contributed by atoms with Crippen molar-refractivity contribution in [2.24, 2.45) is 0 Å². The number of nitrogens with one attached hydrogen (secondary N) is 2. The SMILES string of the molecule is O=C(Nc1nn2cnnc2s1)c1ccc(=O)[nH]n1. The van der Waals surface area contributed by atoms with E-state index in [1.807, 2.05) is 0 Å². The van der Waals surface area contributed by atoms with Crippen LogP contribution in [0.4, 0.5) is 5.13 Å². The van der Waals surface area contributed by atoms with E-state index in [2.05, 4.69) is 30.8 Å². The molecular formula is C8H5N7O2S. The lowest BCUT2D eigenvalue weighted by atomic mass is 10.4. The summed E-state index contributed by atoms with van der Waals surface area (Å²) in [5, 5.41) is 20.2. The molecule has 0 atom stereocenters. The van der Waals surface area contributed by atoms with E-state index in [0.29, 0.717) is 10.1 Å². The normalized spacial score (nSPS) is 10.7. The number of hydrogen-bond acceptors (Lipinski definition) is 7. The third kappa shape index (κ3) is 1.84. The highest BCUT2D eigenvalue weighted by atomic mass is 32.1. The van der Waals surface area contributed by atoms with E-state index in [1.54, 1.807) is 0 Å². The van der Waals surface area contributed by atoms with Crippen molar-refractivity contribution in [3.05, 3.63) is 34.5 Å². The molecule has 10 heteroatoms. The number of carbonyl (C=O) groups is 1. The minimum absolute atomic E-state index is 0.0977. The van der Waals surface area contributed by atoms with Crippen molar-refractivity contribution in [1.82, 2.24) is 30.0 Å². The maximum absolute atomic E-state index is 11.7. The molecule has 3 rings (SSSR count). The number of hydrogen-bond donors (Lipinski definition) is 2. The highest BCUT2D eigenvalue weighted by molar-refractivity contribution is 7.20. The lowest BCUT2D eigenvalue weighted by molar-refractivity contribution is 0.102. The predicted octanol–water partition coefficient (Wildman–Crippen LogP) is -0.479. The summed E-state index contributed by atoms with van der Waals surface area (Å²) in [6.07, 6.45) is 1.43. The summed E-state index contributed by atoms with van der Waals surface area (Å²) < 4.78 is 1.45. The number of aromatic nitrogens is 6. The first-order valence-corrected chi connectivity index (χ1v) is 5.58. The molecule has 0 radical (unpaired) electrons. The van der Waals surface area contributed by atoms with Crippen LogP contribution >= 0.6 is 11.3 Å². The molecule has 0 fully saturated rings. The van der Waals surface area contributed by atoms with Crippen molar-refractivity contribution in [2.75, 3.05) is 5.32 Å². The van der Waals surface area contributed by atoms with Crippen molar-refractivity contribution in [3.63, 3.8) is 0 Å².